The number of hydrogen-bond donors (Lipinski definition) is 2. The lowest BCUT2D eigenvalue weighted by molar-refractivity contribution is 0.0945. The molecular weight excluding hydrogens is 346 g/mol. The second-order valence-corrected chi connectivity index (χ2v) is 6.39. The van der Waals surface area contributed by atoms with E-state index >= 15 is 0 Å². The van der Waals surface area contributed by atoms with Gasteiger partial charge in [0.15, 0.2) is 11.5 Å². The molecule has 7 nitrogen and oxygen atoms in total. The van der Waals surface area contributed by atoms with Crippen LogP contribution in [0.25, 0.3) is 0 Å². The molecule has 1 aliphatic carbocycles. The summed E-state index contributed by atoms with van der Waals surface area (Å²) in [5.74, 6) is 2.16. The van der Waals surface area contributed by atoms with Gasteiger partial charge in [-0.3, -0.25) is 9.89 Å². The molecule has 0 radical (unpaired) electrons. The molecule has 1 aromatic heterocycles. The number of amides is 1. The van der Waals surface area contributed by atoms with Gasteiger partial charge in [0.2, 0.25) is 5.75 Å². The number of H-pyrrole nitrogens is 1. The number of nitrogens with one attached hydrogen (secondary N) is 2. The molecule has 1 fully saturated rings. The maximum Gasteiger partial charge on any atom is 0.272 e. The SMILES string of the molecule is CCOc1cc(CNC(=O)c2cc(C3CC3)[nH]n2)cc(OCC)c1OCC. The van der Waals surface area contributed by atoms with Gasteiger partial charge in [-0.15, -0.1) is 0 Å². The van der Waals surface area contributed by atoms with E-state index in [9.17, 15) is 4.79 Å². The Kier molecular flexibility index (Phi) is 6.21. The summed E-state index contributed by atoms with van der Waals surface area (Å²) in [6.45, 7) is 7.63. The topological polar surface area (TPSA) is 85.5 Å². The van der Waals surface area contributed by atoms with Crippen LogP contribution in [0.15, 0.2) is 18.2 Å². The number of aromatic nitrogens is 2. The molecule has 0 atom stereocenters. The molecule has 2 aromatic rings. The van der Waals surface area contributed by atoms with E-state index in [4.69, 9.17) is 14.2 Å². The van der Waals surface area contributed by atoms with Crippen LogP contribution < -0.4 is 19.5 Å². The normalized spacial score (nSPS) is 13.3. The molecular formula is C20H27N3O4. The second-order valence-electron chi connectivity index (χ2n) is 6.39. The molecule has 27 heavy (non-hydrogen) atoms. The summed E-state index contributed by atoms with van der Waals surface area (Å²) in [6, 6.07) is 5.58. The zero-order valence-corrected chi connectivity index (χ0v) is 16.1. The van der Waals surface area contributed by atoms with Gasteiger partial charge in [0.1, 0.15) is 5.69 Å². The van der Waals surface area contributed by atoms with Crippen LogP contribution in [0.4, 0.5) is 0 Å². The van der Waals surface area contributed by atoms with Crippen molar-refractivity contribution in [2.75, 3.05) is 19.8 Å². The lowest BCUT2D eigenvalue weighted by Crippen LogP contribution is -2.23. The average Bonchev–Trinajstić information content (AvgIpc) is 3.39. The zero-order valence-electron chi connectivity index (χ0n) is 16.1. The van der Waals surface area contributed by atoms with Crippen molar-refractivity contribution in [3.63, 3.8) is 0 Å². The van der Waals surface area contributed by atoms with Crippen molar-refractivity contribution in [1.82, 2.24) is 15.5 Å². The van der Waals surface area contributed by atoms with Crippen LogP contribution in [0.2, 0.25) is 0 Å². The number of aromatic amines is 1. The van der Waals surface area contributed by atoms with Gasteiger partial charge in [-0.1, -0.05) is 0 Å². The molecule has 0 unspecified atom stereocenters. The predicted octanol–water partition coefficient (Wildman–Crippen LogP) is 3.41. The first-order valence-electron chi connectivity index (χ1n) is 9.55. The number of rotatable bonds is 10. The van der Waals surface area contributed by atoms with Gasteiger partial charge >= 0.3 is 0 Å². The minimum Gasteiger partial charge on any atom is -0.490 e. The van der Waals surface area contributed by atoms with Gasteiger partial charge in [-0.2, -0.15) is 5.10 Å². The largest absolute Gasteiger partial charge is 0.490 e. The molecule has 0 spiro atoms. The van der Waals surface area contributed by atoms with Crippen molar-refractivity contribution >= 4 is 5.91 Å². The molecule has 0 saturated heterocycles. The molecule has 1 heterocycles. The number of nitrogens with zero attached hydrogens (tertiary/aromatic N) is 1. The Bertz CT molecular complexity index is 756. The summed E-state index contributed by atoms with van der Waals surface area (Å²) in [6.07, 6.45) is 2.33. The number of carbonyl (C=O) groups is 1. The molecule has 0 bridgehead atoms. The third-order valence-corrected chi connectivity index (χ3v) is 4.27. The highest BCUT2D eigenvalue weighted by Crippen LogP contribution is 2.40. The van der Waals surface area contributed by atoms with Crippen molar-refractivity contribution in [2.24, 2.45) is 0 Å². The van der Waals surface area contributed by atoms with Crippen molar-refractivity contribution in [2.45, 2.75) is 46.1 Å². The fraction of sp³-hybridized carbons (Fsp3) is 0.500. The molecule has 0 aliphatic heterocycles. The Morgan fingerprint density at radius 2 is 1.70 bits per heavy atom. The van der Waals surface area contributed by atoms with E-state index in [-0.39, 0.29) is 5.91 Å². The Balaban J connectivity index is 1.73. The maximum absolute atomic E-state index is 12.4. The molecule has 1 aromatic carbocycles. The maximum atomic E-state index is 12.4. The highest BCUT2D eigenvalue weighted by atomic mass is 16.5. The number of carbonyl (C=O) groups excluding carboxylic acids is 1. The third-order valence-electron chi connectivity index (χ3n) is 4.27. The van der Waals surface area contributed by atoms with E-state index in [0.717, 1.165) is 24.1 Å². The highest BCUT2D eigenvalue weighted by Gasteiger charge is 2.26. The minimum atomic E-state index is -0.206. The van der Waals surface area contributed by atoms with Gasteiger partial charge in [0.25, 0.3) is 5.91 Å². The van der Waals surface area contributed by atoms with Crippen LogP contribution in [-0.4, -0.2) is 35.9 Å². The smallest absolute Gasteiger partial charge is 0.272 e. The van der Waals surface area contributed by atoms with Crippen molar-refractivity contribution in [3.05, 3.63) is 35.2 Å². The molecule has 1 aliphatic rings. The van der Waals surface area contributed by atoms with Crippen LogP contribution in [0.5, 0.6) is 17.2 Å². The van der Waals surface area contributed by atoms with Crippen LogP contribution in [0.1, 0.15) is 61.3 Å². The van der Waals surface area contributed by atoms with Gasteiger partial charge in [0, 0.05) is 18.2 Å². The third kappa shape index (κ3) is 4.72. The van der Waals surface area contributed by atoms with Crippen LogP contribution in [0, 0.1) is 0 Å². The predicted molar refractivity (Wildman–Crippen MR) is 102 cm³/mol. The molecule has 3 rings (SSSR count). The highest BCUT2D eigenvalue weighted by molar-refractivity contribution is 5.92. The summed E-state index contributed by atoms with van der Waals surface area (Å²) < 4.78 is 17.1. The molecule has 146 valence electrons. The van der Waals surface area contributed by atoms with E-state index in [1.807, 2.05) is 39.0 Å². The van der Waals surface area contributed by atoms with E-state index in [2.05, 4.69) is 15.5 Å². The summed E-state index contributed by atoms with van der Waals surface area (Å²) in [7, 11) is 0. The average molecular weight is 373 g/mol. The summed E-state index contributed by atoms with van der Waals surface area (Å²) in [4.78, 5) is 12.4. The molecule has 7 heteroatoms. The van der Waals surface area contributed by atoms with Crippen LogP contribution >= 0.6 is 0 Å². The second kappa shape index (κ2) is 8.79. The lowest BCUT2D eigenvalue weighted by Gasteiger charge is -2.17. The van der Waals surface area contributed by atoms with Gasteiger partial charge < -0.3 is 19.5 Å². The Labute approximate surface area is 159 Å². The van der Waals surface area contributed by atoms with Crippen molar-refractivity contribution in [3.8, 4) is 17.2 Å². The van der Waals surface area contributed by atoms with Crippen molar-refractivity contribution in [1.29, 1.82) is 0 Å². The quantitative estimate of drug-likeness (QED) is 0.667. The fourth-order valence-electron chi connectivity index (χ4n) is 2.87. The fourth-order valence-corrected chi connectivity index (χ4v) is 2.87. The summed E-state index contributed by atoms with van der Waals surface area (Å²) >= 11 is 0. The standard InChI is InChI=1S/C20H27N3O4/c1-4-25-17-9-13(10-18(26-5-2)19(17)27-6-3)12-21-20(24)16-11-15(22-23-16)14-7-8-14/h9-11,14H,4-8,12H2,1-3H3,(H,21,24)(H,22,23). The van der Waals surface area contributed by atoms with Gasteiger partial charge in [-0.25, -0.2) is 0 Å². The number of ether oxygens (including phenoxy) is 3. The van der Waals surface area contributed by atoms with Gasteiger partial charge in [-0.05, 0) is 57.4 Å². The molecule has 1 saturated carbocycles. The molecule has 2 N–H and O–H groups in total. The minimum absolute atomic E-state index is 0.206. The lowest BCUT2D eigenvalue weighted by atomic mass is 10.1. The summed E-state index contributed by atoms with van der Waals surface area (Å²) in [5.41, 5.74) is 2.33. The monoisotopic (exact) mass is 373 g/mol. The van der Waals surface area contributed by atoms with Crippen molar-refractivity contribution < 1.29 is 19.0 Å². The molecule has 1 amide bonds. The van der Waals surface area contributed by atoms with E-state index in [1.54, 1.807) is 0 Å². The van der Waals surface area contributed by atoms with E-state index in [1.165, 1.54) is 0 Å². The van der Waals surface area contributed by atoms with E-state index in [0.29, 0.717) is 55.2 Å². The van der Waals surface area contributed by atoms with Gasteiger partial charge in [0.05, 0.1) is 19.8 Å². The zero-order chi connectivity index (χ0) is 19.2. The first kappa shape index (κ1) is 19.1. The Morgan fingerprint density at radius 3 is 2.26 bits per heavy atom. The first-order chi connectivity index (χ1) is 13.2. The van der Waals surface area contributed by atoms with Crippen LogP contribution in [0.3, 0.4) is 0 Å². The first-order valence-corrected chi connectivity index (χ1v) is 9.55. The number of benzene rings is 1. The Hall–Kier alpha value is -2.70. The van der Waals surface area contributed by atoms with E-state index < -0.39 is 0 Å². The summed E-state index contributed by atoms with van der Waals surface area (Å²) in [5, 5.41) is 9.97. The Morgan fingerprint density at radius 1 is 1.07 bits per heavy atom. The van der Waals surface area contributed by atoms with Crippen LogP contribution in [-0.2, 0) is 6.54 Å². The number of hydrogen-bond acceptors (Lipinski definition) is 5.